The van der Waals surface area contributed by atoms with Crippen molar-refractivity contribution in [2.45, 2.75) is 12.9 Å². The standard InChI is InChI=1S/C13H8F3N7O/c14-13(15,16)24-8-1-2-10-9(5-8)11-20-12(23-7-17-6-19-23)21-22(11)4-3-18-10/h1-3,5-7H,4H2. The molecule has 0 bridgehead atoms. The number of aliphatic imine (C=N–C) groups is 1. The third-order valence-electron chi connectivity index (χ3n) is 3.21. The minimum Gasteiger partial charge on any atom is -0.406 e. The summed E-state index contributed by atoms with van der Waals surface area (Å²) in [5.41, 5.74) is 0.852. The summed E-state index contributed by atoms with van der Waals surface area (Å²) in [5, 5.41) is 8.20. The van der Waals surface area contributed by atoms with Gasteiger partial charge in [0.25, 0.3) is 5.95 Å². The molecule has 1 aliphatic heterocycles. The average Bonchev–Trinajstić information content (AvgIpc) is 3.14. The Hall–Kier alpha value is -3.24. The third-order valence-corrected chi connectivity index (χ3v) is 3.21. The van der Waals surface area contributed by atoms with Crippen LogP contribution in [0.1, 0.15) is 0 Å². The van der Waals surface area contributed by atoms with Crippen molar-refractivity contribution in [1.29, 1.82) is 0 Å². The number of hydrogen-bond acceptors (Lipinski definition) is 6. The van der Waals surface area contributed by atoms with Gasteiger partial charge in [-0.2, -0.15) is 14.8 Å². The Kier molecular flexibility index (Phi) is 3.08. The van der Waals surface area contributed by atoms with E-state index in [9.17, 15) is 13.2 Å². The summed E-state index contributed by atoms with van der Waals surface area (Å²) in [4.78, 5) is 12.3. The number of hydrogen-bond donors (Lipinski definition) is 0. The molecule has 1 aromatic carbocycles. The largest absolute Gasteiger partial charge is 0.573 e. The number of nitrogens with zero attached hydrogens (tertiary/aromatic N) is 7. The summed E-state index contributed by atoms with van der Waals surface area (Å²) in [6.45, 7) is 0.321. The van der Waals surface area contributed by atoms with Crippen LogP contribution in [0.15, 0.2) is 35.8 Å². The molecule has 122 valence electrons. The first-order chi connectivity index (χ1) is 11.5. The Morgan fingerprint density at radius 3 is 2.83 bits per heavy atom. The molecule has 0 aliphatic carbocycles. The van der Waals surface area contributed by atoms with E-state index in [1.807, 2.05) is 0 Å². The maximum Gasteiger partial charge on any atom is 0.573 e. The molecule has 4 rings (SSSR count). The Bertz CT molecular complexity index is 914. The Morgan fingerprint density at radius 2 is 2.08 bits per heavy atom. The number of ether oxygens (including phenoxy) is 1. The maximum atomic E-state index is 12.4. The monoisotopic (exact) mass is 335 g/mol. The van der Waals surface area contributed by atoms with Crippen molar-refractivity contribution in [2.24, 2.45) is 4.99 Å². The quantitative estimate of drug-likeness (QED) is 0.716. The van der Waals surface area contributed by atoms with E-state index >= 15 is 0 Å². The zero-order valence-electron chi connectivity index (χ0n) is 11.8. The van der Waals surface area contributed by atoms with Crippen LogP contribution in [-0.2, 0) is 6.54 Å². The fourth-order valence-electron chi connectivity index (χ4n) is 2.29. The Balaban J connectivity index is 1.82. The lowest BCUT2D eigenvalue weighted by atomic mass is 10.1. The molecule has 0 saturated heterocycles. The van der Waals surface area contributed by atoms with Gasteiger partial charge in [-0.05, 0) is 18.2 Å². The molecular formula is C13H8F3N7O. The van der Waals surface area contributed by atoms with Crippen LogP contribution in [0.25, 0.3) is 17.3 Å². The smallest absolute Gasteiger partial charge is 0.406 e. The van der Waals surface area contributed by atoms with Crippen LogP contribution in [0.3, 0.4) is 0 Å². The first-order valence-electron chi connectivity index (χ1n) is 6.72. The van der Waals surface area contributed by atoms with Crippen LogP contribution < -0.4 is 4.74 Å². The summed E-state index contributed by atoms with van der Waals surface area (Å²) >= 11 is 0. The van der Waals surface area contributed by atoms with Gasteiger partial charge in [0.15, 0.2) is 5.82 Å². The normalized spacial score (nSPS) is 13.3. The molecule has 8 nitrogen and oxygen atoms in total. The summed E-state index contributed by atoms with van der Waals surface area (Å²) in [5.74, 6) is 0.265. The van der Waals surface area contributed by atoms with Crippen molar-refractivity contribution in [1.82, 2.24) is 29.5 Å². The van der Waals surface area contributed by atoms with E-state index in [1.165, 1.54) is 40.2 Å². The van der Waals surface area contributed by atoms with Crippen molar-refractivity contribution in [2.75, 3.05) is 0 Å². The highest BCUT2D eigenvalue weighted by molar-refractivity contribution is 5.79. The van der Waals surface area contributed by atoms with E-state index in [0.29, 0.717) is 23.6 Å². The van der Waals surface area contributed by atoms with Crippen LogP contribution >= 0.6 is 0 Å². The van der Waals surface area contributed by atoms with E-state index in [4.69, 9.17) is 0 Å². The predicted octanol–water partition coefficient (Wildman–Crippen LogP) is 2.14. The van der Waals surface area contributed by atoms with Gasteiger partial charge in [-0.1, -0.05) is 0 Å². The molecule has 0 N–H and O–H groups in total. The van der Waals surface area contributed by atoms with Gasteiger partial charge in [0, 0.05) is 11.8 Å². The minimum absolute atomic E-state index is 0.255. The van der Waals surface area contributed by atoms with Crippen LogP contribution in [-0.4, -0.2) is 42.1 Å². The summed E-state index contributed by atoms with van der Waals surface area (Å²) < 4.78 is 44.1. The molecule has 3 heterocycles. The van der Waals surface area contributed by atoms with Crippen LogP contribution in [0.2, 0.25) is 0 Å². The van der Waals surface area contributed by atoms with Crippen LogP contribution in [0.5, 0.6) is 5.75 Å². The van der Waals surface area contributed by atoms with Gasteiger partial charge in [-0.25, -0.2) is 9.67 Å². The van der Waals surface area contributed by atoms with Crippen molar-refractivity contribution < 1.29 is 17.9 Å². The van der Waals surface area contributed by atoms with Gasteiger partial charge in [-0.15, -0.1) is 18.3 Å². The third kappa shape index (κ3) is 2.59. The van der Waals surface area contributed by atoms with Gasteiger partial charge >= 0.3 is 6.36 Å². The zero-order valence-corrected chi connectivity index (χ0v) is 11.8. The SMILES string of the molecule is FC(F)(F)Oc1ccc2c(c1)-c1nc(-n3cncn3)nn1CC=N2. The molecule has 2 aromatic heterocycles. The minimum atomic E-state index is -4.78. The van der Waals surface area contributed by atoms with E-state index in [1.54, 1.807) is 6.21 Å². The molecule has 0 saturated carbocycles. The lowest BCUT2D eigenvalue weighted by Crippen LogP contribution is -2.17. The number of halogens is 3. The highest BCUT2D eigenvalue weighted by atomic mass is 19.4. The molecular weight excluding hydrogens is 327 g/mol. The van der Waals surface area contributed by atoms with Crippen molar-refractivity contribution in [3.8, 4) is 23.1 Å². The molecule has 0 atom stereocenters. The average molecular weight is 335 g/mol. The molecule has 0 spiro atoms. The molecule has 0 amide bonds. The number of benzene rings is 1. The summed E-state index contributed by atoms with van der Waals surface area (Å²) in [7, 11) is 0. The molecule has 0 radical (unpaired) electrons. The van der Waals surface area contributed by atoms with E-state index in [0.717, 1.165) is 0 Å². The fraction of sp³-hybridized carbons (Fsp3) is 0.154. The highest BCUT2D eigenvalue weighted by Gasteiger charge is 2.31. The Morgan fingerprint density at radius 1 is 1.21 bits per heavy atom. The van der Waals surface area contributed by atoms with Crippen LogP contribution in [0, 0.1) is 0 Å². The van der Waals surface area contributed by atoms with Crippen molar-refractivity contribution in [3.05, 3.63) is 30.9 Å². The molecule has 24 heavy (non-hydrogen) atoms. The number of alkyl halides is 3. The van der Waals surface area contributed by atoms with E-state index < -0.39 is 6.36 Å². The summed E-state index contributed by atoms with van der Waals surface area (Å²) in [6.07, 6.45) is -0.425. The number of rotatable bonds is 2. The molecule has 1 aliphatic rings. The second-order valence-corrected chi connectivity index (χ2v) is 4.80. The number of fused-ring (bicyclic) bond motifs is 3. The van der Waals surface area contributed by atoms with E-state index in [-0.39, 0.29) is 11.7 Å². The van der Waals surface area contributed by atoms with Crippen molar-refractivity contribution in [3.63, 3.8) is 0 Å². The van der Waals surface area contributed by atoms with Crippen molar-refractivity contribution >= 4 is 11.9 Å². The van der Waals surface area contributed by atoms with Crippen LogP contribution in [0.4, 0.5) is 18.9 Å². The highest BCUT2D eigenvalue weighted by Crippen LogP contribution is 2.35. The second-order valence-electron chi connectivity index (χ2n) is 4.80. The maximum absolute atomic E-state index is 12.4. The first-order valence-corrected chi connectivity index (χ1v) is 6.72. The van der Waals surface area contributed by atoms with Gasteiger partial charge in [0.2, 0.25) is 0 Å². The second kappa shape index (κ2) is 5.15. The van der Waals surface area contributed by atoms with E-state index in [2.05, 4.69) is 29.9 Å². The number of aromatic nitrogens is 6. The molecule has 3 aromatic rings. The van der Waals surface area contributed by atoms with Gasteiger partial charge < -0.3 is 4.74 Å². The lowest BCUT2D eigenvalue weighted by Gasteiger charge is -2.10. The van der Waals surface area contributed by atoms with Gasteiger partial charge in [0.1, 0.15) is 18.4 Å². The molecule has 11 heteroatoms. The molecule has 0 unspecified atom stereocenters. The first kappa shape index (κ1) is 14.4. The Labute approximate surface area is 132 Å². The topological polar surface area (TPSA) is 83.0 Å². The lowest BCUT2D eigenvalue weighted by molar-refractivity contribution is -0.274. The predicted molar refractivity (Wildman–Crippen MR) is 75.2 cm³/mol. The molecule has 0 fully saturated rings. The van der Waals surface area contributed by atoms with Gasteiger partial charge in [0.05, 0.1) is 12.2 Å². The fourth-order valence-corrected chi connectivity index (χ4v) is 2.29. The summed E-state index contributed by atoms with van der Waals surface area (Å²) in [6, 6.07) is 3.87. The van der Waals surface area contributed by atoms with Gasteiger partial charge in [-0.3, -0.25) is 4.99 Å². The zero-order chi connectivity index (χ0) is 16.7.